The minimum atomic E-state index is -0.488. The van der Waals surface area contributed by atoms with Crippen molar-refractivity contribution in [3.05, 3.63) is 0 Å². The fourth-order valence-corrected chi connectivity index (χ4v) is 1.42. The van der Waals surface area contributed by atoms with Gasteiger partial charge in [0.25, 0.3) is 0 Å². The van der Waals surface area contributed by atoms with Gasteiger partial charge in [0.05, 0.1) is 6.61 Å². The maximum absolute atomic E-state index is 9.37. The number of aliphatic hydroxyl groups excluding tert-OH is 1. The van der Waals surface area contributed by atoms with Crippen LogP contribution in [0, 0.1) is 0 Å². The standard InChI is InChI=1S/C6H11IO3/c1-6(10-7)2-3-9-4-5(6)8/h5,8H,2-4H2,1H3. The maximum atomic E-state index is 9.37. The Balaban J connectivity index is 2.54. The number of hydrogen-bond donors (Lipinski definition) is 1. The van der Waals surface area contributed by atoms with E-state index in [1.54, 1.807) is 0 Å². The summed E-state index contributed by atoms with van der Waals surface area (Å²) < 4.78 is 10.2. The van der Waals surface area contributed by atoms with Crippen LogP contribution in [-0.2, 0) is 7.80 Å². The lowest BCUT2D eigenvalue weighted by Crippen LogP contribution is -2.47. The third-order valence-corrected chi connectivity index (χ3v) is 2.91. The van der Waals surface area contributed by atoms with Gasteiger partial charge in [0, 0.05) is 13.0 Å². The predicted octanol–water partition coefficient (Wildman–Crippen LogP) is 0.893. The van der Waals surface area contributed by atoms with E-state index in [-0.39, 0.29) is 0 Å². The van der Waals surface area contributed by atoms with Crippen LogP contribution in [0.15, 0.2) is 0 Å². The first-order chi connectivity index (χ1) is 4.69. The van der Waals surface area contributed by atoms with Gasteiger partial charge in [0.1, 0.15) is 34.7 Å². The van der Waals surface area contributed by atoms with E-state index in [0.717, 1.165) is 6.42 Å². The summed E-state index contributed by atoms with van der Waals surface area (Å²) in [5.41, 5.74) is -0.404. The van der Waals surface area contributed by atoms with Gasteiger partial charge in [-0.1, -0.05) is 0 Å². The molecule has 3 nitrogen and oxygen atoms in total. The first-order valence-electron chi connectivity index (χ1n) is 3.24. The van der Waals surface area contributed by atoms with Crippen molar-refractivity contribution in [1.82, 2.24) is 0 Å². The van der Waals surface area contributed by atoms with Gasteiger partial charge in [-0.15, -0.1) is 0 Å². The third-order valence-electron chi connectivity index (χ3n) is 1.90. The zero-order valence-corrected chi connectivity index (χ0v) is 8.00. The third kappa shape index (κ3) is 1.61. The lowest BCUT2D eigenvalue weighted by atomic mass is 9.94. The van der Waals surface area contributed by atoms with Crippen molar-refractivity contribution in [2.75, 3.05) is 13.2 Å². The quantitative estimate of drug-likeness (QED) is 0.710. The van der Waals surface area contributed by atoms with E-state index in [4.69, 9.17) is 7.80 Å². The maximum Gasteiger partial charge on any atom is 0.110 e. The van der Waals surface area contributed by atoms with E-state index in [2.05, 4.69) is 0 Å². The summed E-state index contributed by atoms with van der Waals surface area (Å²) in [5.74, 6) is 0. The zero-order chi connectivity index (χ0) is 7.61. The zero-order valence-electron chi connectivity index (χ0n) is 5.84. The Morgan fingerprint density at radius 3 is 2.90 bits per heavy atom. The van der Waals surface area contributed by atoms with Gasteiger partial charge in [-0.25, -0.2) is 0 Å². The normalized spacial score (nSPS) is 41.7. The Kier molecular flexibility index (Phi) is 2.91. The molecule has 1 aliphatic rings. The molecule has 2 atom stereocenters. The summed E-state index contributed by atoms with van der Waals surface area (Å²) in [6.07, 6.45) is 0.273. The van der Waals surface area contributed by atoms with E-state index in [0.29, 0.717) is 13.2 Å². The molecule has 0 aromatic heterocycles. The van der Waals surface area contributed by atoms with Crippen molar-refractivity contribution in [3.63, 3.8) is 0 Å². The van der Waals surface area contributed by atoms with Crippen LogP contribution in [0.25, 0.3) is 0 Å². The summed E-state index contributed by atoms with van der Waals surface area (Å²) >= 11 is 1.82. The molecule has 2 unspecified atom stereocenters. The highest BCUT2D eigenvalue weighted by atomic mass is 127. The van der Waals surface area contributed by atoms with E-state index in [1.807, 2.05) is 29.9 Å². The second-order valence-electron chi connectivity index (χ2n) is 2.73. The van der Waals surface area contributed by atoms with Crippen LogP contribution in [0.4, 0.5) is 0 Å². The van der Waals surface area contributed by atoms with Gasteiger partial charge in [-0.3, -0.25) is 0 Å². The highest BCUT2D eigenvalue weighted by Gasteiger charge is 2.36. The second kappa shape index (κ2) is 3.34. The Bertz CT molecular complexity index is 120. The number of halogens is 1. The highest BCUT2D eigenvalue weighted by Crippen LogP contribution is 2.26. The molecular weight excluding hydrogens is 247 g/mol. The van der Waals surface area contributed by atoms with Crippen molar-refractivity contribution in [1.29, 1.82) is 0 Å². The van der Waals surface area contributed by atoms with Crippen LogP contribution < -0.4 is 0 Å². The van der Waals surface area contributed by atoms with Gasteiger partial charge < -0.3 is 12.9 Å². The number of hydrogen-bond acceptors (Lipinski definition) is 3. The van der Waals surface area contributed by atoms with E-state index in [9.17, 15) is 5.11 Å². The van der Waals surface area contributed by atoms with Crippen LogP contribution in [-0.4, -0.2) is 30.0 Å². The average Bonchev–Trinajstić information content (AvgIpc) is 1.96. The number of ether oxygens (including phenoxy) is 1. The van der Waals surface area contributed by atoms with Gasteiger partial charge in [0.15, 0.2) is 0 Å². The predicted molar refractivity (Wildman–Crippen MR) is 45.0 cm³/mol. The summed E-state index contributed by atoms with van der Waals surface area (Å²) in [4.78, 5) is 0. The molecule has 4 heteroatoms. The first-order valence-corrected chi connectivity index (χ1v) is 4.13. The molecule has 0 spiro atoms. The average molecular weight is 258 g/mol. The molecule has 60 valence electrons. The molecule has 0 amide bonds. The molecule has 1 heterocycles. The van der Waals surface area contributed by atoms with Crippen LogP contribution in [0.5, 0.6) is 0 Å². The van der Waals surface area contributed by atoms with Crippen LogP contribution in [0.2, 0.25) is 0 Å². The van der Waals surface area contributed by atoms with Gasteiger partial charge in [-0.05, 0) is 6.92 Å². The molecule has 1 saturated heterocycles. The molecule has 0 aromatic carbocycles. The molecular formula is C6H11IO3. The van der Waals surface area contributed by atoms with Crippen LogP contribution >= 0.6 is 23.0 Å². The van der Waals surface area contributed by atoms with Crippen LogP contribution in [0.1, 0.15) is 13.3 Å². The first kappa shape index (κ1) is 8.70. The van der Waals surface area contributed by atoms with E-state index < -0.39 is 11.7 Å². The Morgan fingerprint density at radius 1 is 1.80 bits per heavy atom. The molecule has 1 aliphatic heterocycles. The van der Waals surface area contributed by atoms with Crippen molar-refractivity contribution in [3.8, 4) is 0 Å². The number of aliphatic hydroxyl groups is 1. The largest absolute Gasteiger partial charge is 0.388 e. The van der Waals surface area contributed by atoms with E-state index in [1.165, 1.54) is 0 Å². The van der Waals surface area contributed by atoms with Gasteiger partial charge >= 0.3 is 0 Å². The molecule has 0 radical (unpaired) electrons. The van der Waals surface area contributed by atoms with Gasteiger partial charge in [0.2, 0.25) is 0 Å². The number of rotatable bonds is 1. The molecule has 0 aliphatic carbocycles. The second-order valence-corrected chi connectivity index (χ2v) is 3.17. The molecule has 1 fully saturated rings. The fourth-order valence-electron chi connectivity index (χ4n) is 0.903. The summed E-state index contributed by atoms with van der Waals surface area (Å²) in [5, 5.41) is 9.37. The van der Waals surface area contributed by atoms with Crippen molar-refractivity contribution >= 4 is 23.0 Å². The SMILES string of the molecule is CC1(OI)CCOCC1O. The summed E-state index contributed by atoms with van der Waals surface area (Å²) in [7, 11) is 0. The Labute approximate surface area is 74.4 Å². The highest BCUT2D eigenvalue weighted by molar-refractivity contribution is 14.1. The summed E-state index contributed by atoms with van der Waals surface area (Å²) in [6.45, 7) is 2.96. The lowest BCUT2D eigenvalue weighted by molar-refractivity contribution is -0.113. The fraction of sp³-hybridized carbons (Fsp3) is 1.00. The molecule has 1 N–H and O–H groups in total. The molecule has 1 rings (SSSR count). The monoisotopic (exact) mass is 258 g/mol. The molecule has 10 heavy (non-hydrogen) atoms. The van der Waals surface area contributed by atoms with Crippen molar-refractivity contribution < 1.29 is 12.9 Å². The van der Waals surface area contributed by atoms with Crippen molar-refractivity contribution in [2.45, 2.75) is 25.0 Å². The van der Waals surface area contributed by atoms with Crippen LogP contribution in [0.3, 0.4) is 0 Å². The molecule has 0 aromatic rings. The molecule has 0 saturated carbocycles. The topological polar surface area (TPSA) is 38.7 Å². The Morgan fingerprint density at radius 2 is 2.50 bits per heavy atom. The van der Waals surface area contributed by atoms with Gasteiger partial charge in [-0.2, -0.15) is 0 Å². The molecule has 0 bridgehead atoms. The lowest BCUT2D eigenvalue weighted by Gasteiger charge is -2.35. The van der Waals surface area contributed by atoms with Crippen molar-refractivity contribution in [2.24, 2.45) is 0 Å². The summed E-state index contributed by atoms with van der Waals surface area (Å²) in [6, 6.07) is 0. The Hall–Kier alpha value is 0.610. The van der Waals surface area contributed by atoms with E-state index >= 15 is 0 Å². The minimum absolute atomic E-state index is 0.388. The minimum Gasteiger partial charge on any atom is -0.388 e. The smallest absolute Gasteiger partial charge is 0.110 e.